The first-order valence-electron chi connectivity index (χ1n) is 5.97. The van der Waals surface area contributed by atoms with Crippen molar-refractivity contribution in [2.75, 3.05) is 0 Å². The lowest BCUT2D eigenvalue weighted by Gasteiger charge is -2.19. The molecule has 96 valence electrons. The molecule has 4 heteroatoms. The van der Waals surface area contributed by atoms with Crippen LogP contribution in [-0.4, -0.2) is 20.6 Å². The van der Waals surface area contributed by atoms with Crippen LogP contribution < -0.4 is 0 Å². The fourth-order valence-corrected chi connectivity index (χ4v) is 2.08. The van der Waals surface area contributed by atoms with Gasteiger partial charge in [0.15, 0.2) is 0 Å². The van der Waals surface area contributed by atoms with Gasteiger partial charge in [0.1, 0.15) is 5.82 Å². The van der Waals surface area contributed by atoms with E-state index in [2.05, 4.69) is 4.98 Å². The molecule has 1 N–H and O–H groups in total. The van der Waals surface area contributed by atoms with Gasteiger partial charge in [-0.2, -0.15) is 0 Å². The highest BCUT2D eigenvalue weighted by molar-refractivity contribution is 5.81. The molecule has 0 saturated carbocycles. The Labute approximate surface area is 106 Å². The van der Waals surface area contributed by atoms with E-state index in [1.165, 1.54) is 0 Å². The molecule has 0 amide bonds. The second-order valence-electron chi connectivity index (χ2n) is 5.37. The monoisotopic (exact) mass is 246 g/mol. The van der Waals surface area contributed by atoms with Crippen LogP contribution in [0.25, 0.3) is 11.0 Å². The molecule has 2 aromatic rings. The van der Waals surface area contributed by atoms with Crippen molar-refractivity contribution in [3.8, 4) is 0 Å². The Morgan fingerprint density at radius 1 is 1.44 bits per heavy atom. The highest BCUT2D eigenvalue weighted by Gasteiger charge is 2.28. The molecule has 0 aliphatic rings. The van der Waals surface area contributed by atoms with Crippen LogP contribution in [0.1, 0.15) is 25.2 Å². The number of aliphatic carboxylic acids is 1. The number of hydrogen-bond acceptors (Lipinski definition) is 2. The fraction of sp³-hybridized carbons (Fsp3) is 0.429. The zero-order chi connectivity index (χ0) is 13.5. The van der Waals surface area contributed by atoms with E-state index >= 15 is 0 Å². The number of benzene rings is 1. The van der Waals surface area contributed by atoms with Crippen LogP contribution in [-0.2, 0) is 18.3 Å². The molecule has 0 spiro atoms. The number of hydrogen-bond donors (Lipinski definition) is 1. The first-order chi connectivity index (χ1) is 8.33. The molecule has 18 heavy (non-hydrogen) atoms. The summed E-state index contributed by atoms with van der Waals surface area (Å²) in [5, 5.41) is 9.21. The number of carbonyl (C=O) groups is 1. The van der Waals surface area contributed by atoms with Crippen LogP contribution in [0.4, 0.5) is 0 Å². The summed E-state index contributed by atoms with van der Waals surface area (Å²) in [6.07, 6.45) is 0.482. The molecule has 2 rings (SSSR count). The van der Waals surface area contributed by atoms with Crippen molar-refractivity contribution in [1.29, 1.82) is 0 Å². The normalized spacial score (nSPS) is 12.0. The number of carboxylic acids is 1. The lowest BCUT2D eigenvalue weighted by atomic mass is 9.85. The van der Waals surface area contributed by atoms with Gasteiger partial charge in [-0.3, -0.25) is 4.79 Å². The number of carboxylic acid groups (broad SMARTS) is 1. The van der Waals surface area contributed by atoms with Gasteiger partial charge in [0, 0.05) is 7.05 Å². The number of fused-ring (bicyclic) bond motifs is 1. The third-order valence-electron chi connectivity index (χ3n) is 3.43. The summed E-state index contributed by atoms with van der Waals surface area (Å²) in [4.78, 5) is 15.7. The largest absolute Gasteiger partial charge is 0.481 e. The summed E-state index contributed by atoms with van der Waals surface area (Å²) < 4.78 is 2.02. The summed E-state index contributed by atoms with van der Waals surface area (Å²) in [6, 6.07) is 5.92. The Hall–Kier alpha value is -1.84. The minimum atomic E-state index is -0.785. The number of imidazole rings is 1. The molecule has 0 fully saturated rings. The highest BCUT2D eigenvalue weighted by atomic mass is 16.4. The molecule has 0 bridgehead atoms. The molecule has 4 nitrogen and oxygen atoms in total. The summed E-state index contributed by atoms with van der Waals surface area (Å²) in [7, 11) is 1.97. The van der Waals surface area contributed by atoms with E-state index < -0.39 is 11.4 Å². The van der Waals surface area contributed by atoms with Crippen LogP contribution in [0.15, 0.2) is 18.2 Å². The van der Waals surface area contributed by atoms with E-state index in [0.717, 1.165) is 22.4 Å². The summed E-state index contributed by atoms with van der Waals surface area (Å²) in [5.74, 6) is 0.151. The molecule has 1 aromatic heterocycles. The Bertz CT molecular complexity index is 612. The predicted octanol–water partition coefficient (Wildman–Crippen LogP) is 2.54. The lowest BCUT2D eigenvalue weighted by molar-refractivity contribution is -0.146. The van der Waals surface area contributed by atoms with Crippen LogP contribution in [0.2, 0.25) is 0 Å². The lowest BCUT2D eigenvalue weighted by Crippen LogP contribution is -2.26. The van der Waals surface area contributed by atoms with E-state index in [1.54, 1.807) is 13.8 Å². The first-order valence-corrected chi connectivity index (χ1v) is 5.97. The Kier molecular flexibility index (Phi) is 2.89. The van der Waals surface area contributed by atoms with Gasteiger partial charge in [-0.25, -0.2) is 4.98 Å². The van der Waals surface area contributed by atoms with E-state index in [9.17, 15) is 9.90 Å². The molecule has 0 saturated heterocycles. The van der Waals surface area contributed by atoms with Crippen LogP contribution >= 0.6 is 0 Å². The fourth-order valence-electron chi connectivity index (χ4n) is 2.08. The number of rotatable bonds is 3. The molecule has 0 atom stereocenters. The summed E-state index contributed by atoms with van der Waals surface area (Å²) >= 11 is 0. The molecule has 0 aliphatic heterocycles. The topological polar surface area (TPSA) is 55.1 Å². The molecule has 0 radical (unpaired) electrons. The van der Waals surface area contributed by atoms with Gasteiger partial charge in [0.25, 0.3) is 0 Å². The second-order valence-corrected chi connectivity index (χ2v) is 5.37. The number of nitrogens with zero attached hydrogens (tertiary/aromatic N) is 2. The van der Waals surface area contributed by atoms with E-state index in [0.29, 0.717) is 6.42 Å². The van der Waals surface area contributed by atoms with Crippen LogP contribution in [0.5, 0.6) is 0 Å². The molecular formula is C14H18N2O2. The minimum Gasteiger partial charge on any atom is -0.481 e. The van der Waals surface area contributed by atoms with Crippen molar-refractivity contribution in [2.24, 2.45) is 12.5 Å². The Morgan fingerprint density at radius 3 is 2.72 bits per heavy atom. The van der Waals surface area contributed by atoms with Gasteiger partial charge in [-0.1, -0.05) is 12.1 Å². The average molecular weight is 246 g/mol. The maximum atomic E-state index is 11.2. The van der Waals surface area contributed by atoms with Gasteiger partial charge < -0.3 is 9.67 Å². The van der Waals surface area contributed by atoms with Gasteiger partial charge in [0.2, 0.25) is 0 Å². The van der Waals surface area contributed by atoms with Crippen molar-refractivity contribution < 1.29 is 9.90 Å². The number of para-hydroxylation sites is 1. The zero-order valence-electron chi connectivity index (χ0n) is 11.2. The second kappa shape index (κ2) is 4.12. The third-order valence-corrected chi connectivity index (χ3v) is 3.43. The highest BCUT2D eigenvalue weighted by Crippen LogP contribution is 2.27. The molecule has 0 aliphatic carbocycles. The Morgan fingerprint density at radius 2 is 2.11 bits per heavy atom. The average Bonchev–Trinajstić information content (AvgIpc) is 2.57. The van der Waals surface area contributed by atoms with Crippen molar-refractivity contribution in [1.82, 2.24) is 9.55 Å². The van der Waals surface area contributed by atoms with Gasteiger partial charge in [0.05, 0.1) is 16.4 Å². The van der Waals surface area contributed by atoms with Gasteiger partial charge in [-0.05, 0) is 38.8 Å². The van der Waals surface area contributed by atoms with E-state index in [1.807, 2.05) is 36.7 Å². The predicted molar refractivity (Wildman–Crippen MR) is 70.6 cm³/mol. The van der Waals surface area contributed by atoms with Crippen molar-refractivity contribution >= 4 is 17.0 Å². The number of aromatic nitrogens is 2. The first kappa shape index (κ1) is 12.6. The quantitative estimate of drug-likeness (QED) is 0.905. The van der Waals surface area contributed by atoms with Crippen molar-refractivity contribution in [2.45, 2.75) is 27.2 Å². The SMILES string of the molecule is Cc1nc2c(CC(C)(C)C(=O)O)cccc2n1C. The van der Waals surface area contributed by atoms with Gasteiger partial charge in [-0.15, -0.1) is 0 Å². The van der Waals surface area contributed by atoms with Crippen LogP contribution in [0, 0.1) is 12.3 Å². The zero-order valence-corrected chi connectivity index (χ0v) is 11.2. The van der Waals surface area contributed by atoms with Gasteiger partial charge >= 0.3 is 5.97 Å². The molecule has 0 unspecified atom stereocenters. The van der Waals surface area contributed by atoms with Crippen LogP contribution in [0.3, 0.4) is 0 Å². The van der Waals surface area contributed by atoms with Crippen molar-refractivity contribution in [3.63, 3.8) is 0 Å². The molecular weight excluding hydrogens is 228 g/mol. The third kappa shape index (κ3) is 1.98. The van der Waals surface area contributed by atoms with Crippen molar-refractivity contribution in [3.05, 3.63) is 29.6 Å². The molecule has 1 aromatic carbocycles. The maximum absolute atomic E-state index is 11.2. The summed E-state index contributed by atoms with van der Waals surface area (Å²) in [6.45, 7) is 5.43. The minimum absolute atomic E-state index is 0.482. The number of aryl methyl sites for hydroxylation is 2. The molecule has 1 heterocycles. The maximum Gasteiger partial charge on any atom is 0.309 e. The standard InChI is InChI=1S/C14H18N2O2/c1-9-15-12-10(8-14(2,3)13(17)18)6-5-7-11(12)16(9)4/h5-7H,8H2,1-4H3,(H,17,18). The van der Waals surface area contributed by atoms with E-state index in [-0.39, 0.29) is 0 Å². The summed E-state index contributed by atoms with van der Waals surface area (Å²) in [5.41, 5.74) is 2.17. The smallest absolute Gasteiger partial charge is 0.309 e. The van der Waals surface area contributed by atoms with E-state index in [4.69, 9.17) is 0 Å². The Balaban J connectivity index is 2.53.